The summed E-state index contributed by atoms with van der Waals surface area (Å²) in [7, 11) is -3.64. The quantitative estimate of drug-likeness (QED) is 0.876. The van der Waals surface area contributed by atoms with E-state index in [1.165, 1.54) is 12.5 Å². The smallest absolute Gasteiger partial charge is 0.241 e. The number of hydrogen-bond acceptors (Lipinski definition) is 3. The van der Waals surface area contributed by atoms with Crippen molar-refractivity contribution in [2.24, 2.45) is 0 Å². The Bertz CT molecular complexity index is 921. The average molecular weight is 372 g/mol. The fraction of sp³-hybridized carbons (Fsp3) is 0.350. The number of aryl methyl sites for hydroxylation is 1. The van der Waals surface area contributed by atoms with Gasteiger partial charge in [0.05, 0.1) is 4.90 Å². The lowest BCUT2D eigenvalue weighted by molar-refractivity contribution is -0.116. The van der Waals surface area contributed by atoms with Crippen LogP contribution < -0.4 is 9.62 Å². The summed E-state index contributed by atoms with van der Waals surface area (Å²) >= 11 is 0. The summed E-state index contributed by atoms with van der Waals surface area (Å²) < 4.78 is 28.3. The first-order chi connectivity index (χ1) is 12.3. The number of carbonyl (C=O) groups is 1. The molecule has 1 atom stereocenters. The highest BCUT2D eigenvalue weighted by molar-refractivity contribution is 7.89. The molecule has 26 heavy (non-hydrogen) atoms. The molecule has 1 heterocycles. The van der Waals surface area contributed by atoms with Gasteiger partial charge in [-0.2, -0.15) is 0 Å². The molecule has 5 nitrogen and oxygen atoms in total. The van der Waals surface area contributed by atoms with Gasteiger partial charge in [-0.15, -0.1) is 0 Å². The number of anilines is 1. The van der Waals surface area contributed by atoms with E-state index in [1.54, 1.807) is 23.1 Å². The average Bonchev–Trinajstić information content (AvgIpc) is 3.05. The normalized spacial score (nSPS) is 15.0. The summed E-state index contributed by atoms with van der Waals surface area (Å²) in [5, 5.41) is 0. The minimum Gasteiger partial charge on any atom is -0.312 e. The highest BCUT2D eigenvalue weighted by Crippen LogP contribution is 2.30. The third-order valence-corrected chi connectivity index (χ3v) is 6.40. The molecule has 1 aliphatic heterocycles. The number of sulfonamides is 1. The highest BCUT2D eigenvalue weighted by Gasteiger charge is 2.25. The maximum atomic E-state index is 12.8. The zero-order valence-corrected chi connectivity index (χ0v) is 16.1. The van der Waals surface area contributed by atoms with Crippen LogP contribution in [0.15, 0.2) is 47.4 Å². The van der Waals surface area contributed by atoms with Crippen LogP contribution in [0.5, 0.6) is 0 Å². The van der Waals surface area contributed by atoms with Crippen molar-refractivity contribution in [2.45, 2.75) is 44.6 Å². The maximum Gasteiger partial charge on any atom is 0.241 e. The standard InChI is InChI=1S/C20H24N2O3S/c1-4-16-5-7-17(8-6-16)14(2)21-26(24,25)19-9-10-20-18(13-19)11-12-22(20)15(3)23/h5-10,13-14,21H,4,11-12H2,1-3H3/t14-/m0/s1. The topological polar surface area (TPSA) is 66.5 Å². The van der Waals surface area contributed by atoms with Gasteiger partial charge >= 0.3 is 0 Å². The van der Waals surface area contributed by atoms with Gasteiger partial charge in [-0.25, -0.2) is 13.1 Å². The molecule has 0 spiro atoms. The molecule has 0 fully saturated rings. The van der Waals surface area contributed by atoms with Gasteiger partial charge in [0.2, 0.25) is 15.9 Å². The lowest BCUT2D eigenvalue weighted by Crippen LogP contribution is -2.27. The van der Waals surface area contributed by atoms with Gasteiger partial charge in [0.25, 0.3) is 0 Å². The van der Waals surface area contributed by atoms with Crippen molar-refractivity contribution in [3.63, 3.8) is 0 Å². The van der Waals surface area contributed by atoms with Crippen molar-refractivity contribution in [2.75, 3.05) is 11.4 Å². The number of fused-ring (bicyclic) bond motifs is 1. The van der Waals surface area contributed by atoms with E-state index in [0.717, 1.165) is 23.2 Å². The molecule has 2 aromatic carbocycles. The summed E-state index contributed by atoms with van der Waals surface area (Å²) in [5.41, 5.74) is 3.84. The lowest BCUT2D eigenvalue weighted by atomic mass is 10.1. The zero-order valence-electron chi connectivity index (χ0n) is 15.3. The second kappa shape index (κ2) is 7.21. The molecule has 0 bridgehead atoms. The van der Waals surface area contributed by atoms with E-state index < -0.39 is 10.0 Å². The first-order valence-electron chi connectivity index (χ1n) is 8.84. The van der Waals surface area contributed by atoms with E-state index in [4.69, 9.17) is 0 Å². The molecule has 1 N–H and O–H groups in total. The van der Waals surface area contributed by atoms with Gasteiger partial charge in [0, 0.05) is 25.2 Å². The number of carbonyl (C=O) groups excluding carboxylic acids is 1. The van der Waals surface area contributed by atoms with Crippen LogP contribution in [0.2, 0.25) is 0 Å². The Morgan fingerprint density at radius 3 is 2.50 bits per heavy atom. The molecule has 1 aliphatic rings. The Morgan fingerprint density at radius 2 is 1.88 bits per heavy atom. The third kappa shape index (κ3) is 3.66. The van der Waals surface area contributed by atoms with E-state index in [9.17, 15) is 13.2 Å². The number of hydrogen-bond donors (Lipinski definition) is 1. The van der Waals surface area contributed by atoms with Crippen LogP contribution in [0.1, 0.15) is 43.5 Å². The number of nitrogens with zero attached hydrogens (tertiary/aromatic N) is 1. The fourth-order valence-corrected chi connectivity index (χ4v) is 4.57. The Labute approximate surface area is 155 Å². The van der Waals surface area contributed by atoms with Crippen molar-refractivity contribution in [3.05, 3.63) is 59.2 Å². The highest BCUT2D eigenvalue weighted by atomic mass is 32.2. The van der Waals surface area contributed by atoms with Crippen molar-refractivity contribution in [1.82, 2.24) is 4.72 Å². The molecule has 0 aromatic heterocycles. The van der Waals surface area contributed by atoms with Crippen molar-refractivity contribution >= 4 is 21.6 Å². The molecule has 1 amide bonds. The van der Waals surface area contributed by atoms with Crippen molar-refractivity contribution in [3.8, 4) is 0 Å². The number of amides is 1. The first kappa shape index (κ1) is 18.6. The minimum absolute atomic E-state index is 0.0263. The van der Waals surface area contributed by atoms with Crippen LogP contribution in [-0.2, 0) is 27.7 Å². The Hall–Kier alpha value is -2.18. The molecule has 2 aromatic rings. The van der Waals surface area contributed by atoms with Gasteiger partial charge < -0.3 is 4.90 Å². The molecular formula is C20H24N2O3S. The number of nitrogens with one attached hydrogen (secondary N) is 1. The summed E-state index contributed by atoms with van der Waals surface area (Å²) in [4.78, 5) is 13.5. The monoisotopic (exact) mass is 372 g/mol. The predicted octanol–water partition coefficient (Wildman–Crippen LogP) is 3.20. The molecule has 0 saturated heterocycles. The summed E-state index contributed by atoms with van der Waals surface area (Å²) in [5.74, 6) is -0.0263. The summed E-state index contributed by atoms with van der Waals surface area (Å²) in [6, 6.07) is 12.6. The number of benzene rings is 2. The predicted molar refractivity (Wildman–Crippen MR) is 103 cm³/mol. The molecule has 0 unspecified atom stereocenters. The molecule has 3 rings (SSSR count). The van der Waals surface area contributed by atoms with Crippen LogP contribution in [-0.4, -0.2) is 20.9 Å². The van der Waals surface area contributed by atoms with Crippen LogP contribution in [0.25, 0.3) is 0 Å². The molecule has 138 valence electrons. The Morgan fingerprint density at radius 1 is 1.19 bits per heavy atom. The molecule has 0 radical (unpaired) electrons. The van der Waals surface area contributed by atoms with Gasteiger partial charge in [0.1, 0.15) is 0 Å². The van der Waals surface area contributed by atoms with E-state index in [0.29, 0.717) is 13.0 Å². The van der Waals surface area contributed by atoms with Gasteiger partial charge in [-0.3, -0.25) is 4.79 Å². The van der Waals surface area contributed by atoms with Crippen LogP contribution >= 0.6 is 0 Å². The molecule has 0 aliphatic carbocycles. The second-order valence-corrected chi connectivity index (χ2v) is 8.36. The minimum atomic E-state index is -3.64. The Balaban J connectivity index is 1.81. The maximum absolute atomic E-state index is 12.8. The largest absolute Gasteiger partial charge is 0.312 e. The van der Waals surface area contributed by atoms with Crippen LogP contribution in [0, 0.1) is 0 Å². The molecular weight excluding hydrogens is 348 g/mol. The summed E-state index contributed by atoms with van der Waals surface area (Å²) in [6.07, 6.45) is 1.62. The van der Waals surface area contributed by atoms with Crippen molar-refractivity contribution in [1.29, 1.82) is 0 Å². The van der Waals surface area contributed by atoms with Gasteiger partial charge in [0.15, 0.2) is 0 Å². The third-order valence-electron chi connectivity index (χ3n) is 4.86. The zero-order chi connectivity index (χ0) is 18.9. The van der Waals surface area contributed by atoms with Gasteiger partial charge in [-0.05, 0) is 54.7 Å². The van der Waals surface area contributed by atoms with Crippen LogP contribution in [0.3, 0.4) is 0 Å². The van der Waals surface area contributed by atoms with E-state index in [1.807, 2.05) is 31.2 Å². The van der Waals surface area contributed by atoms with Gasteiger partial charge in [-0.1, -0.05) is 31.2 Å². The lowest BCUT2D eigenvalue weighted by Gasteiger charge is -2.17. The van der Waals surface area contributed by atoms with Crippen LogP contribution in [0.4, 0.5) is 5.69 Å². The second-order valence-electron chi connectivity index (χ2n) is 6.65. The first-order valence-corrected chi connectivity index (χ1v) is 10.3. The van der Waals surface area contributed by atoms with E-state index in [2.05, 4.69) is 11.6 Å². The SMILES string of the molecule is CCc1ccc([C@H](C)NS(=O)(=O)c2ccc3c(c2)CCN3C(C)=O)cc1. The summed E-state index contributed by atoms with van der Waals surface area (Å²) in [6.45, 7) is 6.04. The van der Waals surface area contributed by atoms with E-state index in [-0.39, 0.29) is 16.8 Å². The Kier molecular flexibility index (Phi) is 5.16. The van der Waals surface area contributed by atoms with E-state index >= 15 is 0 Å². The van der Waals surface area contributed by atoms with Crippen molar-refractivity contribution < 1.29 is 13.2 Å². The number of rotatable bonds is 5. The fourth-order valence-electron chi connectivity index (χ4n) is 3.28. The molecule has 0 saturated carbocycles. The molecule has 6 heteroatoms.